The third-order valence-electron chi connectivity index (χ3n) is 7.47. The first-order valence-electron chi connectivity index (χ1n) is 13.7. The van der Waals surface area contributed by atoms with Gasteiger partial charge in [0.15, 0.2) is 0 Å². The van der Waals surface area contributed by atoms with Crippen LogP contribution < -0.4 is 5.32 Å². The molecule has 2 saturated heterocycles. The van der Waals surface area contributed by atoms with Crippen LogP contribution >= 0.6 is 0 Å². The Kier molecular flexibility index (Phi) is 11.3. The molecule has 2 unspecified atom stereocenters. The van der Waals surface area contributed by atoms with Crippen LogP contribution in [0, 0.1) is 0 Å². The third-order valence-corrected chi connectivity index (χ3v) is 7.47. The predicted octanol–water partition coefficient (Wildman–Crippen LogP) is 4.35. The monoisotopic (exact) mass is 487 g/mol. The molecule has 2 fully saturated rings. The number of likely N-dealkylation sites (tertiary alicyclic amines) is 1. The maximum atomic E-state index is 13.2. The van der Waals surface area contributed by atoms with E-state index < -0.39 is 0 Å². The number of anilines is 1. The molecule has 1 N–H and O–H groups in total. The van der Waals surface area contributed by atoms with Crippen LogP contribution in [0.4, 0.5) is 10.5 Å². The number of rotatable bonds is 12. The van der Waals surface area contributed by atoms with Crippen LogP contribution in [0.3, 0.4) is 0 Å². The van der Waals surface area contributed by atoms with Crippen LogP contribution in [-0.2, 0) is 11.3 Å². The molecule has 2 aliphatic rings. The van der Waals surface area contributed by atoms with Gasteiger partial charge in [-0.05, 0) is 90.8 Å². The molecule has 0 radical (unpaired) electrons. The molecule has 7 heteroatoms. The van der Waals surface area contributed by atoms with Crippen LogP contribution in [-0.4, -0.2) is 104 Å². The van der Waals surface area contributed by atoms with Crippen molar-refractivity contribution in [2.45, 2.75) is 77.6 Å². The number of carbonyl (C=O) groups excluding carboxylic acids is 1. The fraction of sp³-hybridized carbons (Fsp3) is 0.750. The quantitative estimate of drug-likeness (QED) is 0.475. The molecule has 0 aliphatic carbocycles. The summed E-state index contributed by atoms with van der Waals surface area (Å²) in [6.07, 6.45) is 6.37. The molecule has 2 heterocycles. The Hall–Kier alpha value is -1.67. The van der Waals surface area contributed by atoms with Gasteiger partial charge in [0, 0.05) is 57.1 Å². The molecule has 2 amide bonds. The Morgan fingerprint density at radius 1 is 1.09 bits per heavy atom. The first-order valence-corrected chi connectivity index (χ1v) is 13.7. The van der Waals surface area contributed by atoms with Gasteiger partial charge in [0.05, 0.1) is 6.10 Å². The van der Waals surface area contributed by atoms with Crippen molar-refractivity contribution >= 4 is 11.7 Å². The molecular weight excluding hydrogens is 438 g/mol. The molecule has 35 heavy (non-hydrogen) atoms. The summed E-state index contributed by atoms with van der Waals surface area (Å²) >= 11 is 0. The molecule has 198 valence electrons. The molecule has 1 aromatic rings. The number of hydrogen-bond acceptors (Lipinski definition) is 5. The van der Waals surface area contributed by atoms with Gasteiger partial charge in [0.2, 0.25) is 0 Å². The van der Waals surface area contributed by atoms with Crippen LogP contribution in [0.2, 0.25) is 0 Å². The largest absolute Gasteiger partial charge is 0.377 e. The van der Waals surface area contributed by atoms with Crippen molar-refractivity contribution in [2.75, 3.05) is 65.3 Å². The maximum Gasteiger partial charge on any atom is 0.321 e. The summed E-state index contributed by atoms with van der Waals surface area (Å²) in [5.41, 5.74) is 2.13. The second-order valence-electron chi connectivity index (χ2n) is 10.8. The number of amides is 2. The smallest absolute Gasteiger partial charge is 0.321 e. The molecule has 0 saturated carbocycles. The zero-order valence-corrected chi connectivity index (χ0v) is 22.8. The van der Waals surface area contributed by atoms with Crippen molar-refractivity contribution in [3.8, 4) is 0 Å². The van der Waals surface area contributed by atoms with Crippen molar-refractivity contribution in [1.82, 2.24) is 19.6 Å². The lowest BCUT2D eigenvalue weighted by Crippen LogP contribution is -2.46. The van der Waals surface area contributed by atoms with Gasteiger partial charge >= 0.3 is 6.03 Å². The normalized spacial score (nSPS) is 21.3. The van der Waals surface area contributed by atoms with Gasteiger partial charge in [-0.1, -0.05) is 19.1 Å². The highest BCUT2D eigenvalue weighted by Gasteiger charge is 2.27. The highest BCUT2D eigenvalue weighted by molar-refractivity contribution is 5.89. The third kappa shape index (κ3) is 9.05. The molecule has 3 rings (SSSR count). The average molecular weight is 488 g/mol. The fourth-order valence-electron chi connectivity index (χ4n) is 5.17. The molecule has 0 bridgehead atoms. The Bertz CT molecular complexity index is 748. The SMILES string of the molecule is CCN1CCCC1CN(CCN(C)C)C(=O)Nc1ccc(CN(CC2CCCCO2)C(C)C)cc1. The summed E-state index contributed by atoms with van der Waals surface area (Å²) in [6, 6.07) is 9.30. The Balaban J connectivity index is 1.57. The average Bonchev–Trinajstić information content (AvgIpc) is 3.30. The highest BCUT2D eigenvalue weighted by atomic mass is 16.5. The summed E-state index contributed by atoms with van der Waals surface area (Å²) < 4.78 is 5.98. The van der Waals surface area contributed by atoms with Gasteiger partial charge in [-0.2, -0.15) is 0 Å². The van der Waals surface area contributed by atoms with Gasteiger partial charge in [-0.25, -0.2) is 4.79 Å². The van der Waals surface area contributed by atoms with E-state index in [0.29, 0.717) is 18.2 Å². The lowest BCUT2D eigenvalue weighted by Gasteiger charge is -2.32. The number of hydrogen-bond donors (Lipinski definition) is 1. The Morgan fingerprint density at radius 2 is 1.86 bits per heavy atom. The number of urea groups is 1. The highest BCUT2D eigenvalue weighted by Crippen LogP contribution is 2.20. The number of nitrogens with one attached hydrogen (secondary N) is 1. The first-order chi connectivity index (χ1) is 16.9. The number of nitrogens with zero attached hydrogens (tertiary/aromatic N) is 4. The topological polar surface area (TPSA) is 51.3 Å². The van der Waals surface area contributed by atoms with E-state index >= 15 is 0 Å². The van der Waals surface area contributed by atoms with E-state index in [0.717, 1.165) is 64.5 Å². The lowest BCUT2D eigenvalue weighted by molar-refractivity contribution is -0.0129. The van der Waals surface area contributed by atoms with E-state index in [1.807, 2.05) is 17.0 Å². The van der Waals surface area contributed by atoms with Crippen molar-refractivity contribution < 1.29 is 9.53 Å². The molecule has 1 aromatic carbocycles. The molecule has 7 nitrogen and oxygen atoms in total. The molecule has 2 atom stereocenters. The van der Waals surface area contributed by atoms with E-state index in [9.17, 15) is 4.79 Å². The van der Waals surface area contributed by atoms with Gasteiger partial charge in [-0.15, -0.1) is 0 Å². The van der Waals surface area contributed by atoms with Crippen LogP contribution in [0.25, 0.3) is 0 Å². The van der Waals surface area contributed by atoms with Crippen molar-refractivity contribution in [2.24, 2.45) is 0 Å². The number of ether oxygens (including phenoxy) is 1. The summed E-state index contributed by atoms with van der Waals surface area (Å²) in [6.45, 7) is 14.1. The lowest BCUT2D eigenvalue weighted by atomic mass is 10.1. The minimum absolute atomic E-state index is 0.000747. The Morgan fingerprint density at radius 3 is 2.49 bits per heavy atom. The van der Waals surface area contributed by atoms with E-state index in [4.69, 9.17) is 4.74 Å². The second kappa shape index (κ2) is 14.2. The summed E-state index contributed by atoms with van der Waals surface area (Å²) in [5.74, 6) is 0. The molecular formula is C28H49N5O2. The van der Waals surface area contributed by atoms with E-state index in [1.165, 1.54) is 31.2 Å². The van der Waals surface area contributed by atoms with Crippen LogP contribution in [0.15, 0.2) is 24.3 Å². The zero-order valence-electron chi connectivity index (χ0n) is 22.8. The van der Waals surface area contributed by atoms with Crippen molar-refractivity contribution in [3.63, 3.8) is 0 Å². The minimum atomic E-state index is 0.000747. The van der Waals surface area contributed by atoms with Gasteiger partial charge in [-0.3, -0.25) is 9.80 Å². The number of benzene rings is 1. The molecule has 2 aliphatic heterocycles. The van der Waals surface area contributed by atoms with E-state index in [1.54, 1.807) is 0 Å². The fourth-order valence-corrected chi connectivity index (χ4v) is 5.17. The summed E-state index contributed by atoms with van der Waals surface area (Å²) in [5, 5.41) is 3.16. The molecule has 0 spiro atoms. The van der Waals surface area contributed by atoms with Gasteiger partial charge in [0.1, 0.15) is 0 Å². The summed E-state index contributed by atoms with van der Waals surface area (Å²) in [7, 11) is 4.12. The predicted molar refractivity (Wildman–Crippen MR) is 145 cm³/mol. The maximum absolute atomic E-state index is 13.2. The second-order valence-corrected chi connectivity index (χ2v) is 10.8. The van der Waals surface area contributed by atoms with Crippen molar-refractivity contribution in [3.05, 3.63) is 29.8 Å². The van der Waals surface area contributed by atoms with Crippen LogP contribution in [0.5, 0.6) is 0 Å². The first kappa shape index (κ1) is 27.9. The van der Waals surface area contributed by atoms with Gasteiger partial charge < -0.3 is 19.9 Å². The molecule has 0 aromatic heterocycles. The standard InChI is InChI=1S/C28H49N5O2/c1-6-31-16-9-10-26(31)21-32(18-17-30(4)5)28(34)29-25-14-12-24(13-15-25)20-33(23(2)3)22-27-11-7-8-19-35-27/h12-15,23,26-27H,6-11,16-22H2,1-5H3,(H,29,34). The van der Waals surface area contributed by atoms with Crippen molar-refractivity contribution in [1.29, 1.82) is 0 Å². The number of likely N-dealkylation sites (N-methyl/N-ethyl adjacent to an activating group) is 2. The van der Waals surface area contributed by atoms with E-state index in [2.05, 4.69) is 67.0 Å². The summed E-state index contributed by atoms with van der Waals surface area (Å²) in [4.78, 5) is 22.4. The Labute approximate surface area is 213 Å². The van der Waals surface area contributed by atoms with E-state index in [-0.39, 0.29) is 6.03 Å². The number of carbonyl (C=O) groups is 1. The minimum Gasteiger partial charge on any atom is -0.377 e. The van der Waals surface area contributed by atoms with Crippen LogP contribution in [0.1, 0.15) is 58.4 Å². The zero-order chi connectivity index (χ0) is 25.2. The van der Waals surface area contributed by atoms with Gasteiger partial charge in [0.25, 0.3) is 0 Å².